The molecular weight excluding hydrogens is 452 g/mol. The lowest BCUT2D eigenvalue weighted by Crippen LogP contribution is -2.74. The van der Waals surface area contributed by atoms with Crippen LogP contribution in [0.3, 0.4) is 0 Å². The van der Waals surface area contributed by atoms with Crippen molar-refractivity contribution in [1.29, 1.82) is 0 Å². The van der Waals surface area contributed by atoms with Crippen molar-refractivity contribution in [2.45, 2.75) is 56.1 Å². The maximum atomic E-state index is 13.8. The molecule has 0 spiro atoms. The number of fused-ring (bicyclic) bond motifs is 3. The molecule has 186 valence electrons. The Hall–Kier alpha value is -2.91. The number of primary amides is 1. The van der Waals surface area contributed by atoms with Crippen molar-refractivity contribution in [3.05, 3.63) is 28.8 Å². The van der Waals surface area contributed by atoms with Crippen molar-refractivity contribution in [3.8, 4) is 5.75 Å². The first kappa shape index (κ1) is 23.8. The Balaban J connectivity index is 1.63. The molecule has 5 rings (SSSR count). The summed E-state index contributed by atoms with van der Waals surface area (Å²) in [6, 6.07) is 2.24. The minimum Gasteiger partial charge on any atom is -0.507 e. The maximum absolute atomic E-state index is 13.8. The molecule has 0 aromatic heterocycles. The molecule has 1 aromatic carbocycles. The van der Waals surface area contributed by atoms with Crippen LogP contribution in [0.25, 0.3) is 0 Å². The first-order valence-corrected chi connectivity index (χ1v) is 12.2. The molecule has 0 saturated heterocycles. The first-order chi connectivity index (χ1) is 16.5. The highest BCUT2D eigenvalue weighted by Gasteiger charge is 2.69. The molecule has 9 heteroatoms. The molecule has 4 N–H and O–H groups in total. The predicted molar refractivity (Wildman–Crippen MR) is 123 cm³/mol. The fraction of sp³-hybridized carbons (Fsp3) is 0.577. The molecule has 3 fully saturated rings. The molecule has 6 unspecified atom stereocenters. The Morgan fingerprint density at radius 3 is 2.34 bits per heavy atom. The lowest BCUT2D eigenvalue weighted by Gasteiger charge is -2.52. The number of ketones is 4. The summed E-state index contributed by atoms with van der Waals surface area (Å²) < 4.78 is 0. The van der Waals surface area contributed by atoms with E-state index in [9.17, 15) is 34.2 Å². The van der Waals surface area contributed by atoms with Crippen molar-refractivity contribution in [2.24, 2.45) is 29.4 Å². The van der Waals surface area contributed by atoms with Crippen molar-refractivity contribution in [3.63, 3.8) is 0 Å². The number of aromatic hydroxyl groups is 1. The number of nitrogens with two attached hydrogens (primary N) is 1. The van der Waals surface area contributed by atoms with Gasteiger partial charge < -0.3 is 15.9 Å². The number of aliphatic hydroxyl groups is 1. The van der Waals surface area contributed by atoms with Gasteiger partial charge in [0.1, 0.15) is 5.75 Å². The minimum atomic E-state index is -2.68. The van der Waals surface area contributed by atoms with E-state index >= 15 is 0 Å². The Morgan fingerprint density at radius 1 is 1.09 bits per heavy atom. The minimum absolute atomic E-state index is 0.0731. The molecule has 0 radical (unpaired) electrons. The molecule has 0 heterocycles. The third-order valence-electron chi connectivity index (χ3n) is 8.78. The quantitative estimate of drug-likeness (QED) is 0.527. The molecule has 6 atom stereocenters. The number of rotatable bonds is 3. The van der Waals surface area contributed by atoms with Gasteiger partial charge in [-0.1, -0.05) is 18.9 Å². The molecule has 1 amide bonds. The normalized spacial score (nSPS) is 35.1. The first-order valence-electron chi connectivity index (χ1n) is 12.2. The van der Waals surface area contributed by atoms with Crippen LogP contribution in [0.4, 0.5) is 0 Å². The molecule has 4 aliphatic rings. The van der Waals surface area contributed by atoms with Crippen LogP contribution < -0.4 is 5.73 Å². The molecule has 1 aromatic rings. The van der Waals surface area contributed by atoms with Crippen LogP contribution >= 0.6 is 0 Å². The average Bonchev–Trinajstić information content (AvgIpc) is 3.30. The molecule has 9 nitrogen and oxygen atoms in total. The average molecular weight is 483 g/mol. The molecule has 0 aliphatic heterocycles. The summed E-state index contributed by atoms with van der Waals surface area (Å²) in [7, 11) is 3.15. The molecule has 3 saturated carbocycles. The zero-order valence-corrected chi connectivity index (χ0v) is 19.8. The van der Waals surface area contributed by atoms with E-state index in [4.69, 9.17) is 5.73 Å². The highest BCUT2D eigenvalue weighted by Crippen LogP contribution is 2.52. The van der Waals surface area contributed by atoms with Crippen LogP contribution in [0, 0.1) is 23.7 Å². The van der Waals surface area contributed by atoms with Crippen LogP contribution in [-0.2, 0) is 25.6 Å². The van der Waals surface area contributed by atoms with Crippen LogP contribution in [-0.4, -0.2) is 69.9 Å². The number of Topliss-reactive ketones (excluding diaryl/α,β-unsaturated/α-hetero) is 4. The second kappa shape index (κ2) is 8.06. The van der Waals surface area contributed by atoms with E-state index in [0.29, 0.717) is 6.42 Å². The van der Waals surface area contributed by atoms with E-state index in [2.05, 4.69) is 0 Å². The Bertz CT molecular complexity index is 1170. The van der Waals surface area contributed by atoms with Gasteiger partial charge in [-0.3, -0.25) is 28.9 Å². The van der Waals surface area contributed by atoms with Crippen LogP contribution in [0.15, 0.2) is 12.1 Å². The van der Waals surface area contributed by atoms with Gasteiger partial charge in [0.05, 0.1) is 17.5 Å². The Labute approximate surface area is 202 Å². The second-order valence-electron chi connectivity index (χ2n) is 10.8. The Morgan fingerprint density at radius 2 is 1.74 bits per heavy atom. The number of phenols is 1. The van der Waals surface area contributed by atoms with Crippen LogP contribution in [0.5, 0.6) is 5.75 Å². The van der Waals surface area contributed by atoms with Crippen molar-refractivity contribution >= 4 is 29.0 Å². The number of carbonyl (C=O) groups excluding carboxylic acids is 5. The molecule has 4 aliphatic carbocycles. The highest BCUT2D eigenvalue weighted by molar-refractivity contribution is 6.32. The van der Waals surface area contributed by atoms with Gasteiger partial charge in [0.25, 0.3) is 0 Å². The number of likely N-dealkylation sites (N-methyl/N-ethyl adjacent to an activating group) is 1. The number of amides is 1. The smallest absolute Gasteiger partial charge is 0.235 e. The summed E-state index contributed by atoms with van der Waals surface area (Å²) in [4.78, 5) is 67.4. The number of nitrogens with zero attached hydrogens (tertiary/aromatic N) is 1. The van der Waals surface area contributed by atoms with Crippen molar-refractivity contribution in [1.82, 2.24) is 4.90 Å². The van der Waals surface area contributed by atoms with Crippen molar-refractivity contribution in [2.75, 3.05) is 14.1 Å². The number of hydrogen-bond acceptors (Lipinski definition) is 8. The molecule has 35 heavy (non-hydrogen) atoms. The summed E-state index contributed by atoms with van der Waals surface area (Å²) in [5.74, 6) is -9.74. The number of phenolic OH excluding ortho intramolecular Hbond substituents is 1. The zero-order valence-electron chi connectivity index (χ0n) is 19.8. The van der Waals surface area contributed by atoms with Crippen LogP contribution in [0.2, 0.25) is 0 Å². The second-order valence-corrected chi connectivity index (χ2v) is 10.8. The third kappa shape index (κ3) is 3.17. The summed E-state index contributed by atoms with van der Waals surface area (Å²) in [5.41, 5.74) is 4.46. The number of carbonyl (C=O) groups is 5. The van der Waals surface area contributed by atoms with Gasteiger partial charge in [0.2, 0.25) is 5.91 Å². The van der Waals surface area contributed by atoms with Gasteiger partial charge in [0.15, 0.2) is 34.7 Å². The third-order valence-corrected chi connectivity index (χ3v) is 8.78. The topological polar surface area (TPSA) is 155 Å². The summed E-state index contributed by atoms with van der Waals surface area (Å²) >= 11 is 0. The number of benzene rings is 1. The molecular formula is C26H30N2O7. The number of hydrogen-bond donors (Lipinski definition) is 3. The fourth-order valence-electron chi connectivity index (χ4n) is 7.25. The van der Waals surface area contributed by atoms with Gasteiger partial charge in [0, 0.05) is 5.92 Å². The largest absolute Gasteiger partial charge is 0.507 e. The van der Waals surface area contributed by atoms with E-state index in [1.165, 1.54) is 11.0 Å². The summed E-state index contributed by atoms with van der Waals surface area (Å²) in [5, 5.41) is 22.2. The van der Waals surface area contributed by atoms with Gasteiger partial charge >= 0.3 is 0 Å². The SMILES string of the molecule is CN(C)C1C(=O)C(C(N)=O)C(=O)C2(O)C(=O)C3C(=O)c4c(O)ccc(C5CCCC5)c4CC3CC12. The standard InChI is InChI=1S/C26H30N2O7/c1-28(2)20-15-10-12-9-14-13(11-5-3-4-6-11)7-8-16(29)18(14)21(30)17(12)23(32)26(15,35)24(33)19(22(20)31)25(27)34/h7-8,11-12,15,17,19-20,29,35H,3-6,9-10H2,1-2H3,(H2,27,34). The van der Waals surface area contributed by atoms with Gasteiger partial charge in [-0.2, -0.15) is 0 Å². The van der Waals surface area contributed by atoms with Crippen LogP contribution in [0.1, 0.15) is 59.5 Å². The Kier molecular flexibility index (Phi) is 5.49. The van der Waals surface area contributed by atoms with E-state index in [-0.39, 0.29) is 23.7 Å². The van der Waals surface area contributed by atoms with Gasteiger partial charge in [-0.05, 0) is 68.8 Å². The van der Waals surface area contributed by atoms with E-state index in [1.54, 1.807) is 14.1 Å². The van der Waals surface area contributed by atoms with Gasteiger partial charge in [-0.15, -0.1) is 0 Å². The molecule has 0 bridgehead atoms. The van der Waals surface area contributed by atoms with E-state index in [0.717, 1.165) is 36.8 Å². The summed E-state index contributed by atoms with van der Waals surface area (Å²) in [6.07, 6.45) is 4.55. The zero-order chi connectivity index (χ0) is 25.4. The van der Waals surface area contributed by atoms with E-state index < -0.39 is 64.4 Å². The predicted octanol–water partition coefficient (Wildman–Crippen LogP) is 0.525. The summed E-state index contributed by atoms with van der Waals surface area (Å²) in [6.45, 7) is 0. The fourth-order valence-corrected chi connectivity index (χ4v) is 7.25. The monoisotopic (exact) mass is 482 g/mol. The highest BCUT2D eigenvalue weighted by atomic mass is 16.3. The van der Waals surface area contributed by atoms with Crippen molar-refractivity contribution < 1.29 is 34.2 Å². The lowest BCUT2D eigenvalue weighted by atomic mass is 9.52. The van der Waals surface area contributed by atoms with Gasteiger partial charge in [-0.25, -0.2) is 0 Å². The maximum Gasteiger partial charge on any atom is 0.235 e. The lowest BCUT2D eigenvalue weighted by molar-refractivity contribution is -0.181. The van der Waals surface area contributed by atoms with E-state index in [1.807, 2.05) is 6.07 Å².